The van der Waals surface area contributed by atoms with Gasteiger partial charge in [-0.05, 0) is 28.8 Å². The van der Waals surface area contributed by atoms with E-state index in [2.05, 4.69) is 40.2 Å². The van der Waals surface area contributed by atoms with E-state index in [0.717, 1.165) is 21.5 Å². The van der Waals surface area contributed by atoms with Crippen molar-refractivity contribution in [3.05, 3.63) is 63.6 Å². The van der Waals surface area contributed by atoms with Crippen molar-refractivity contribution in [3.63, 3.8) is 0 Å². The van der Waals surface area contributed by atoms with E-state index in [-0.39, 0.29) is 12.9 Å². The lowest BCUT2D eigenvalue weighted by Gasteiger charge is -2.06. The molecule has 0 bridgehead atoms. The first kappa shape index (κ1) is 12.9. The summed E-state index contributed by atoms with van der Waals surface area (Å²) in [5.74, 6) is 1.56. The molecule has 4 rings (SSSR count). The predicted octanol–water partition coefficient (Wildman–Crippen LogP) is 4.46. The molecule has 21 heavy (non-hydrogen) atoms. The van der Waals surface area contributed by atoms with Crippen LogP contribution in [-0.4, -0.2) is 6.79 Å². The first-order valence-electron chi connectivity index (χ1n) is 6.78. The van der Waals surface area contributed by atoms with E-state index in [1.54, 1.807) is 0 Å². The summed E-state index contributed by atoms with van der Waals surface area (Å²) in [6.45, 7) is 0.960. The molecular formula is C17H13BrO3. The van der Waals surface area contributed by atoms with Crippen molar-refractivity contribution < 1.29 is 14.2 Å². The Labute approximate surface area is 131 Å². The molecule has 0 N–H and O–H groups in total. The summed E-state index contributed by atoms with van der Waals surface area (Å²) in [7, 11) is 0. The van der Waals surface area contributed by atoms with E-state index in [1.807, 2.05) is 24.3 Å². The molecule has 0 spiro atoms. The summed E-state index contributed by atoms with van der Waals surface area (Å²) >= 11 is 3.56. The summed E-state index contributed by atoms with van der Waals surface area (Å²) in [6.07, 6.45) is 4.14. The van der Waals surface area contributed by atoms with Gasteiger partial charge in [-0.1, -0.05) is 52.3 Å². The number of fused-ring (bicyclic) bond motifs is 2. The molecule has 0 aliphatic carbocycles. The van der Waals surface area contributed by atoms with Crippen LogP contribution in [0.5, 0.6) is 11.5 Å². The maximum Gasteiger partial charge on any atom is 0.231 e. The molecule has 106 valence electrons. The third-order valence-electron chi connectivity index (χ3n) is 3.72. The average molecular weight is 345 g/mol. The Kier molecular flexibility index (Phi) is 3.20. The minimum Gasteiger partial charge on any atom is -0.454 e. The molecule has 2 heterocycles. The summed E-state index contributed by atoms with van der Waals surface area (Å²) in [5, 5.41) is 0. The molecule has 0 saturated carbocycles. The molecule has 2 aromatic rings. The van der Waals surface area contributed by atoms with Crippen molar-refractivity contribution in [2.45, 2.75) is 12.7 Å². The molecule has 1 atom stereocenters. The molecule has 0 fully saturated rings. The summed E-state index contributed by atoms with van der Waals surface area (Å²) in [5.41, 5.74) is 3.55. The number of rotatable bonds is 2. The first-order valence-corrected chi connectivity index (χ1v) is 7.57. The highest BCUT2D eigenvalue weighted by Crippen LogP contribution is 2.38. The van der Waals surface area contributed by atoms with Gasteiger partial charge >= 0.3 is 0 Å². The SMILES string of the molecule is Brc1cc2c(cc1/C=C/C1OCc3ccccc31)OCO2. The summed E-state index contributed by atoms with van der Waals surface area (Å²) in [6, 6.07) is 12.2. The van der Waals surface area contributed by atoms with Crippen LogP contribution in [0.25, 0.3) is 6.08 Å². The third kappa shape index (κ3) is 2.34. The fourth-order valence-corrected chi connectivity index (χ4v) is 3.08. The van der Waals surface area contributed by atoms with Gasteiger partial charge in [0.15, 0.2) is 11.5 Å². The van der Waals surface area contributed by atoms with E-state index >= 15 is 0 Å². The van der Waals surface area contributed by atoms with E-state index in [1.165, 1.54) is 11.1 Å². The van der Waals surface area contributed by atoms with Crippen LogP contribution in [0.15, 0.2) is 46.9 Å². The lowest BCUT2D eigenvalue weighted by Crippen LogP contribution is -1.92. The Morgan fingerprint density at radius 2 is 1.90 bits per heavy atom. The maximum atomic E-state index is 5.82. The molecule has 2 aliphatic rings. The highest BCUT2D eigenvalue weighted by Gasteiger charge is 2.20. The highest BCUT2D eigenvalue weighted by atomic mass is 79.9. The van der Waals surface area contributed by atoms with Gasteiger partial charge in [-0.15, -0.1) is 0 Å². The van der Waals surface area contributed by atoms with E-state index in [0.29, 0.717) is 6.61 Å². The largest absolute Gasteiger partial charge is 0.454 e. The van der Waals surface area contributed by atoms with Crippen LogP contribution in [-0.2, 0) is 11.3 Å². The lowest BCUT2D eigenvalue weighted by atomic mass is 10.0. The number of benzene rings is 2. The normalized spacial score (nSPS) is 19.2. The number of hydrogen-bond donors (Lipinski definition) is 0. The average Bonchev–Trinajstić information content (AvgIpc) is 3.11. The van der Waals surface area contributed by atoms with Crippen molar-refractivity contribution in [1.29, 1.82) is 0 Å². The van der Waals surface area contributed by atoms with Crippen LogP contribution < -0.4 is 9.47 Å². The second kappa shape index (κ2) is 5.20. The van der Waals surface area contributed by atoms with Crippen LogP contribution in [0.2, 0.25) is 0 Å². The number of halogens is 1. The van der Waals surface area contributed by atoms with Gasteiger partial charge < -0.3 is 14.2 Å². The van der Waals surface area contributed by atoms with Crippen LogP contribution >= 0.6 is 15.9 Å². The quantitative estimate of drug-likeness (QED) is 0.804. The topological polar surface area (TPSA) is 27.7 Å². The Morgan fingerprint density at radius 3 is 2.81 bits per heavy atom. The Morgan fingerprint density at radius 1 is 1.10 bits per heavy atom. The van der Waals surface area contributed by atoms with Crippen molar-refractivity contribution in [1.82, 2.24) is 0 Å². The Bertz CT molecular complexity index is 724. The van der Waals surface area contributed by atoms with Gasteiger partial charge in [0, 0.05) is 4.47 Å². The fourth-order valence-electron chi connectivity index (χ4n) is 2.62. The lowest BCUT2D eigenvalue weighted by molar-refractivity contribution is 0.0996. The fraction of sp³-hybridized carbons (Fsp3) is 0.176. The van der Waals surface area contributed by atoms with Gasteiger partial charge in [0.25, 0.3) is 0 Å². The first-order chi connectivity index (χ1) is 10.3. The van der Waals surface area contributed by atoms with Crippen LogP contribution in [0.1, 0.15) is 22.8 Å². The zero-order valence-electron chi connectivity index (χ0n) is 11.2. The third-order valence-corrected chi connectivity index (χ3v) is 4.41. The molecule has 0 saturated heterocycles. The maximum absolute atomic E-state index is 5.82. The monoisotopic (exact) mass is 344 g/mol. The molecule has 2 aliphatic heterocycles. The predicted molar refractivity (Wildman–Crippen MR) is 83.3 cm³/mol. The zero-order valence-corrected chi connectivity index (χ0v) is 12.8. The van der Waals surface area contributed by atoms with Crippen molar-refractivity contribution in [3.8, 4) is 11.5 Å². The molecule has 0 amide bonds. The second-order valence-electron chi connectivity index (χ2n) is 5.02. The smallest absolute Gasteiger partial charge is 0.231 e. The molecule has 3 nitrogen and oxygen atoms in total. The molecule has 1 unspecified atom stereocenters. The van der Waals surface area contributed by atoms with Crippen molar-refractivity contribution in [2.24, 2.45) is 0 Å². The summed E-state index contributed by atoms with van der Waals surface area (Å²) in [4.78, 5) is 0. The zero-order chi connectivity index (χ0) is 14.2. The van der Waals surface area contributed by atoms with Gasteiger partial charge in [0.1, 0.15) is 6.10 Å². The number of hydrogen-bond acceptors (Lipinski definition) is 3. The van der Waals surface area contributed by atoms with Gasteiger partial charge in [0.05, 0.1) is 6.61 Å². The van der Waals surface area contributed by atoms with Gasteiger partial charge in [-0.3, -0.25) is 0 Å². The molecule has 2 aromatic carbocycles. The molecule has 0 radical (unpaired) electrons. The van der Waals surface area contributed by atoms with Gasteiger partial charge in [-0.25, -0.2) is 0 Å². The van der Waals surface area contributed by atoms with Gasteiger partial charge in [-0.2, -0.15) is 0 Å². The standard InChI is InChI=1S/C17H13BrO3/c18-14-8-17-16(20-10-21-17)7-11(14)5-6-15-13-4-2-1-3-12(13)9-19-15/h1-8,15H,9-10H2/b6-5+. The van der Waals surface area contributed by atoms with Crippen LogP contribution in [0, 0.1) is 0 Å². The van der Waals surface area contributed by atoms with Crippen LogP contribution in [0.3, 0.4) is 0 Å². The second-order valence-corrected chi connectivity index (χ2v) is 5.87. The minimum absolute atomic E-state index is 0.0125. The van der Waals surface area contributed by atoms with E-state index in [9.17, 15) is 0 Å². The minimum atomic E-state index is 0.0125. The molecule has 4 heteroatoms. The number of ether oxygens (including phenoxy) is 3. The molecule has 0 aromatic heterocycles. The Balaban J connectivity index is 1.62. The van der Waals surface area contributed by atoms with Crippen molar-refractivity contribution in [2.75, 3.05) is 6.79 Å². The molecular weight excluding hydrogens is 332 g/mol. The van der Waals surface area contributed by atoms with Crippen LogP contribution in [0.4, 0.5) is 0 Å². The van der Waals surface area contributed by atoms with Crippen molar-refractivity contribution >= 4 is 22.0 Å². The Hall–Kier alpha value is -1.78. The van der Waals surface area contributed by atoms with E-state index < -0.39 is 0 Å². The van der Waals surface area contributed by atoms with Gasteiger partial charge in [0.2, 0.25) is 6.79 Å². The van der Waals surface area contributed by atoms with E-state index in [4.69, 9.17) is 14.2 Å². The highest BCUT2D eigenvalue weighted by molar-refractivity contribution is 9.10. The summed E-state index contributed by atoms with van der Waals surface area (Å²) < 4.78 is 17.6.